The lowest BCUT2D eigenvalue weighted by molar-refractivity contribution is -0.136. The second kappa shape index (κ2) is 17.4. The Morgan fingerprint density at radius 1 is 0.848 bits per heavy atom. The lowest BCUT2D eigenvalue weighted by atomic mass is 9.99. The summed E-state index contributed by atoms with van der Waals surface area (Å²) in [5, 5.41) is 9.71. The van der Waals surface area contributed by atoms with E-state index in [-0.39, 0.29) is 36.3 Å². The van der Waals surface area contributed by atoms with Crippen molar-refractivity contribution >= 4 is 41.3 Å². The van der Waals surface area contributed by atoms with Crippen molar-refractivity contribution in [2.45, 2.75) is 46.0 Å². The summed E-state index contributed by atoms with van der Waals surface area (Å²) < 4.78 is 13.3. The summed E-state index contributed by atoms with van der Waals surface area (Å²) in [7, 11) is 3.03. The van der Waals surface area contributed by atoms with Crippen LogP contribution in [0.25, 0.3) is 16.6 Å². The van der Waals surface area contributed by atoms with Gasteiger partial charge in [-0.15, -0.1) is 12.4 Å². The highest BCUT2D eigenvalue weighted by atomic mass is 35.5. The molecule has 0 saturated carbocycles. The molecular weight excluding hydrogens is 606 g/mol. The molecule has 246 valence electrons. The van der Waals surface area contributed by atoms with Gasteiger partial charge >= 0.3 is 5.97 Å². The van der Waals surface area contributed by atoms with Crippen LogP contribution in [0.4, 0.5) is 5.69 Å². The average Bonchev–Trinajstić information content (AvgIpc) is 3.40. The fourth-order valence-electron chi connectivity index (χ4n) is 5.59. The maximum Gasteiger partial charge on any atom is 0.323 e. The third-order valence-corrected chi connectivity index (χ3v) is 7.90. The number of hydrogen-bond acceptors (Lipinski definition) is 6. The van der Waals surface area contributed by atoms with Gasteiger partial charge in [0.15, 0.2) is 5.75 Å². The molecular formula is C36H44ClN3O6. The Labute approximate surface area is 277 Å². The van der Waals surface area contributed by atoms with Crippen LogP contribution in [0, 0.1) is 0 Å². The van der Waals surface area contributed by atoms with E-state index in [1.165, 1.54) is 12.0 Å². The first-order valence-corrected chi connectivity index (χ1v) is 15.5. The molecule has 46 heavy (non-hydrogen) atoms. The number of carboxylic acids is 1. The number of aromatic nitrogens is 1. The Kier molecular flexibility index (Phi) is 13.7. The van der Waals surface area contributed by atoms with Crippen LogP contribution >= 0.6 is 12.4 Å². The summed E-state index contributed by atoms with van der Waals surface area (Å²) in [5.41, 5.74) is 3.28. The van der Waals surface area contributed by atoms with E-state index in [9.17, 15) is 19.5 Å². The van der Waals surface area contributed by atoms with Gasteiger partial charge in [-0.05, 0) is 61.8 Å². The van der Waals surface area contributed by atoms with Crippen LogP contribution < -0.4 is 14.4 Å². The first kappa shape index (κ1) is 36.1. The molecule has 10 heteroatoms. The van der Waals surface area contributed by atoms with Gasteiger partial charge in [-0.3, -0.25) is 19.3 Å². The number of unbranched alkanes of at least 4 members (excludes halogenated alkanes) is 2. The van der Waals surface area contributed by atoms with Crippen LogP contribution in [-0.4, -0.2) is 72.5 Å². The number of halogens is 1. The Bertz CT molecular complexity index is 1610. The van der Waals surface area contributed by atoms with Crippen LogP contribution in [0.2, 0.25) is 0 Å². The van der Waals surface area contributed by atoms with Crippen molar-refractivity contribution in [1.29, 1.82) is 0 Å². The number of fused-ring (bicyclic) bond motifs is 1. The van der Waals surface area contributed by atoms with Crippen LogP contribution in [0.15, 0.2) is 72.9 Å². The number of nitrogens with zero attached hydrogens (tertiary/aromatic N) is 3. The summed E-state index contributed by atoms with van der Waals surface area (Å²) in [6, 6.07) is 20.0. The van der Waals surface area contributed by atoms with Crippen molar-refractivity contribution in [3.8, 4) is 22.6 Å². The molecule has 4 aromatic rings. The number of ether oxygens (including phenoxy) is 2. The number of carbonyl (C=O) groups is 3. The summed E-state index contributed by atoms with van der Waals surface area (Å²) in [6.07, 6.45) is 6.18. The molecule has 2 aromatic carbocycles. The molecule has 0 radical (unpaired) electrons. The second-order valence-corrected chi connectivity index (χ2v) is 11.0. The van der Waals surface area contributed by atoms with E-state index < -0.39 is 12.5 Å². The van der Waals surface area contributed by atoms with Gasteiger partial charge in [-0.2, -0.15) is 0 Å². The van der Waals surface area contributed by atoms with Crippen molar-refractivity contribution in [3.63, 3.8) is 0 Å². The van der Waals surface area contributed by atoms with Gasteiger partial charge in [0, 0.05) is 24.7 Å². The van der Waals surface area contributed by atoms with Crippen molar-refractivity contribution in [1.82, 2.24) is 9.30 Å². The van der Waals surface area contributed by atoms with E-state index in [4.69, 9.17) is 9.47 Å². The fraction of sp³-hybridized carbons (Fsp3) is 0.361. The summed E-state index contributed by atoms with van der Waals surface area (Å²) >= 11 is 0. The molecule has 0 aliphatic heterocycles. The summed E-state index contributed by atoms with van der Waals surface area (Å²) in [4.78, 5) is 43.2. The van der Waals surface area contributed by atoms with E-state index >= 15 is 0 Å². The van der Waals surface area contributed by atoms with Crippen LogP contribution in [0.1, 0.15) is 62.0 Å². The minimum absolute atomic E-state index is 0. The molecule has 0 aliphatic carbocycles. The van der Waals surface area contributed by atoms with E-state index in [1.54, 1.807) is 25.3 Å². The van der Waals surface area contributed by atoms with Crippen molar-refractivity contribution in [2.24, 2.45) is 0 Å². The Balaban J connectivity index is 0.00000576. The highest BCUT2D eigenvalue weighted by Gasteiger charge is 2.28. The Morgan fingerprint density at radius 2 is 1.52 bits per heavy atom. The topological polar surface area (TPSA) is 101 Å². The average molecular weight is 650 g/mol. The summed E-state index contributed by atoms with van der Waals surface area (Å²) in [5.74, 6) is -0.917. The Hall–Kier alpha value is -4.34. The number of methoxy groups -OCH3 is 2. The number of carbonyl (C=O) groups excluding carboxylic acids is 2. The van der Waals surface area contributed by atoms with Crippen LogP contribution in [0.3, 0.4) is 0 Å². The number of aliphatic carboxylic acids is 1. The van der Waals surface area contributed by atoms with E-state index in [0.717, 1.165) is 49.9 Å². The molecule has 2 aromatic heterocycles. The molecule has 0 unspecified atom stereocenters. The van der Waals surface area contributed by atoms with Crippen LogP contribution in [0.5, 0.6) is 11.5 Å². The number of amides is 1. The van der Waals surface area contributed by atoms with Crippen molar-refractivity contribution < 1.29 is 29.0 Å². The zero-order valence-electron chi connectivity index (χ0n) is 27.0. The first-order chi connectivity index (χ1) is 21.8. The largest absolute Gasteiger partial charge is 0.495 e. The van der Waals surface area contributed by atoms with E-state index in [1.807, 2.05) is 59.1 Å². The smallest absolute Gasteiger partial charge is 0.323 e. The molecule has 1 N–H and O–H groups in total. The molecule has 0 bridgehead atoms. The van der Waals surface area contributed by atoms with Gasteiger partial charge in [-0.1, -0.05) is 63.1 Å². The highest BCUT2D eigenvalue weighted by Crippen LogP contribution is 2.41. The number of carboxylic acid groups (broad SMARTS) is 1. The molecule has 2 heterocycles. The monoisotopic (exact) mass is 649 g/mol. The molecule has 1 amide bonds. The maximum absolute atomic E-state index is 14.3. The minimum atomic E-state index is -1.14. The molecule has 0 atom stereocenters. The van der Waals surface area contributed by atoms with Crippen LogP contribution in [-0.2, 0) is 9.59 Å². The molecule has 0 spiro atoms. The minimum Gasteiger partial charge on any atom is -0.495 e. The third kappa shape index (κ3) is 8.27. The SMILES string of the molecule is CCCCN(CCCC)CCC(=O)N(CC(=O)O)c1ccc(C(=O)c2c(-c3ccccc3)c(OC)c3ccccn23)cc1OC.Cl. The van der Waals surface area contributed by atoms with Gasteiger partial charge in [0.05, 0.1) is 31.0 Å². The molecule has 0 aliphatic rings. The second-order valence-electron chi connectivity index (χ2n) is 11.0. The number of pyridine rings is 1. The predicted octanol–water partition coefficient (Wildman–Crippen LogP) is 6.99. The van der Waals surface area contributed by atoms with E-state index in [2.05, 4.69) is 18.7 Å². The quantitative estimate of drug-likeness (QED) is 0.123. The zero-order valence-corrected chi connectivity index (χ0v) is 27.8. The molecule has 0 saturated heterocycles. The fourth-order valence-corrected chi connectivity index (χ4v) is 5.59. The first-order valence-electron chi connectivity index (χ1n) is 15.5. The highest BCUT2D eigenvalue weighted by molar-refractivity contribution is 6.15. The number of ketones is 1. The van der Waals surface area contributed by atoms with Gasteiger partial charge in [0.2, 0.25) is 11.7 Å². The lowest BCUT2D eigenvalue weighted by Gasteiger charge is -2.26. The van der Waals surface area contributed by atoms with E-state index in [0.29, 0.717) is 34.8 Å². The third-order valence-electron chi connectivity index (χ3n) is 7.90. The van der Waals surface area contributed by atoms with Crippen molar-refractivity contribution in [2.75, 3.05) is 45.3 Å². The standard InChI is InChI=1S/C36H43N3O6.ClH/c1-5-7-20-37(21-8-6-2)23-19-31(40)39(25-32(41)42)28-18-17-27(24-30(28)44-3)35(43)34-33(26-14-10-9-11-15-26)36(45-4)29-16-12-13-22-38(29)34;/h9-18,22,24H,5-8,19-21,23,25H2,1-4H3,(H,41,42);1H. The van der Waals surface area contributed by atoms with Gasteiger partial charge in [-0.25, -0.2) is 0 Å². The maximum atomic E-state index is 14.3. The molecule has 9 nitrogen and oxygen atoms in total. The summed E-state index contributed by atoms with van der Waals surface area (Å²) in [6.45, 7) is 6.08. The molecule has 4 rings (SSSR count). The number of rotatable bonds is 17. The van der Waals surface area contributed by atoms with Gasteiger partial charge in [0.25, 0.3) is 0 Å². The number of anilines is 1. The van der Waals surface area contributed by atoms with Crippen molar-refractivity contribution in [3.05, 3.63) is 84.2 Å². The van der Waals surface area contributed by atoms with Gasteiger partial charge in [0.1, 0.15) is 18.0 Å². The van der Waals surface area contributed by atoms with Gasteiger partial charge < -0.3 is 23.9 Å². The predicted molar refractivity (Wildman–Crippen MR) is 184 cm³/mol. The lowest BCUT2D eigenvalue weighted by Crippen LogP contribution is -2.38. The normalized spacial score (nSPS) is 10.9. The zero-order chi connectivity index (χ0) is 32.3. The number of benzene rings is 2. The molecule has 0 fully saturated rings. The number of hydrogen-bond donors (Lipinski definition) is 1. The Morgan fingerprint density at radius 3 is 2.13 bits per heavy atom.